The number of para-hydroxylation sites is 2. The van der Waals surface area contributed by atoms with E-state index >= 15 is 0 Å². The Balaban J connectivity index is 1.55. The monoisotopic (exact) mass is 515 g/mol. The predicted molar refractivity (Wildman–Crippen MR) is 134 cm³/mol. The summed E-state index contributed by atoms with van der Waals surface area (Å²) in [7, 11) is 0. The minimum Gasteiger partial charge on any atom is -0.376 e. The van der Waals surface area contributed by atoms with Crippen LogP contribution in [0.2, 0.25) is 5.02 Å². The van der Waals surface area contributed by atoms with E-state index < -0.39 is 4.92 Å². The van der Waals surface area contributed by atoms with Gasteiger partial charge < -0.3 is 5.32 Å². The largest absolute Gasteiger partial charge is 0.376 e. The van der Waals surface area contributed by atoms with Crippen molar-refractivity contribution in [1.82, 2.24) is 0 Å². The van der Waals surface area contributed by atoms with E-state index in [1.165, 1.54) is 23.9 Å². The van der Waals surface area contributed by atoms with Crippen molar-refractivity contribution in [1.29, 1.82) is 0 Å². The molecule has 3 aromatic carbocycles. The highest BCUT2D eigenvalue weighted by Crippen LogP contribution is 2.59. The smallest absolute Gasteiger partial charge is 0.282 e. The van der Waals surface area contributed by atoms with Crippen molar-refractivity contribution in [2.24, 2.45) is 5.92 Å². The van der Waals surface area contributed by atoms with Crippen molar-refractivity contribution in [2.45, 2.75) is 33.9 Å². The van der Waals surface area contributed by atoms with Gasteiger partial charge in [0.05, 0.1) is 36.9 Å². The number of nitrogens with zero attached hydrogens (tertiary/aromatic N) is 2. The van der Waals surface area contributed by atoms with Gasteiger partial charge in [-0.15, -0.1) is 23.4 Å². The normalized spacial score (nSPS) is 25.2. The average Bonchev–Trinajstić information content (AvgIpc) is 3.15. The molecule has 1 saturated carbocycles. The Morgan fingerprint density at radius 3 is 2.50 bits per heavy atom. The standard InChI is InChI=1S/C24H19Cl2N3O4S/c25-17-8-4-7-15-21-16(23(27-24(15)17)13-5-3-6-14(11-13)28(30)31)12-20(22(21)26)34-19-10-2-1-9-18(19)29(32)33/h1-11,16,20-23,27H,12H2/t16-,20-,21-,22+,23-/m0/s1. The molecule has 0 saturated heterocycles. The van der Waals surface area contributed by atoms with Crippen LogP contribution in [0, 0.1) is 26.1 Å². The predicted octanol–water partition coefficient (Wildman–Crippen LogP) is 7.20. The Bertz CT molecular complexity index is 1290. The number of nitrogens with one attached hydrogen (secondary N) is 1. The fourth-order valence-electron chi connectivity index (χ4n) is 5.14. The summed E-state index contributed by atoms with van der Waals surface area (Å²) in [6, 6.07) is 18.7. The van der Waals surface area contributed by atoms with Gasteiger partial charge in [0.1, 0.15) is 0 Å². The van der Waals surface area contributed by atoms with Crippen LogP contribution in [0.25, 0.3) is 0 Å². The number of nitro groups is 2. The lowest BCUT2D eigenvalue weighted by atomic mass is 9.77. The van der Waals surface area contributed by atoms with Crippen LogP contribution in [0.15, 0.2) is 71.6 Å². The lowest BCUT2D eigenvalue weighted by Crippen LogP contribution is -2.31. The molecule has 3 aromatic rings. The number of alkyl halides is 1. The van der Waals surface area contributed by atoms with Gasteiger partial charge in [-0.25, -0.2) is 0 Å². The van der Waals surface area contributed by atoms with Crippen LogP contribution in [-0.2, 0) is 0 Å². The van der Waals surface area contributed by atoms with Gasteiger partial charge in [-0.05, 0) is 35.6 Å². The van der Waals surface area contributed by atoms with Gasteiger partial charge >= 0.3 is 0 Å². The van der Waals surface area contributed by atoms with E-state index in [0.717, 1.165) is 16.8 Å². The van der Waals surface area contributed by atoms with E-state index in [2.05, 4.69) is 5.32 Å². The van der Waals surface area contributed by atoms with Crippen LogP contribution in [0.3, 0.4) is 0 Å². The van der Waals surface area contributed by atoms with Crippen LogP contribution in [0.1, 0.15) is 29.5 Å². The molecule has 10 heteroatoms. The summed E-state index contributed by atoms with van der Waals surface area (Å²) < 4.78 is 0. The summed E-state index contributed by atoms with van der Waals surface area (Å²) in [6.07, 6.45) is 0.682. The number of rotatable bonds is 5. The third-order valence-corrected chi connectivity index (χ3v) is 9.00. The van der Waals surface area contributed by atoms with Gasteiger partial charge in [0.25, 0.3) is 11.4 Å². The molecule has 34 heavy (non-hydrogen) atoms. The molecule has 0 spiro atoms. The second kappa shape index (κ2) is 9.09. The molecule has 0 unspecified atom stereocenters. The van der Waals surface area contributed by atoms with Crippen molar-refractivity contribution >= 4 is 52.0 Å². The summed E-state index contributed by atoms with van der Waals surface area (Å²) in [6.45, 7) is 0. The second-order valence-corrected chi connectivity index (χ2v) is 10.6. The van der Waals surface area contributed by atoms with Crippen molar-refractivity contribution in [3.63, 3.8) is 0 Å². The first-order valence-electron chi connectivity index (χ1n) is 10.7. The first-order valence-corrected chi connectivity index (χ1v) is 12.4. The number of hydrogen-bond acceptors (Lipinski definition) is 6. The zero-order chi connectivity index (χ0) is 24.0. The van der Waals surface area contributed by atoms with E-state index in [1.807, 2.05) is 18.2 Å². The molecule has 1 fully saturated rings. The number of anilines is 1. The highest BCUT2D eigenvalue weighted by molar-refractivity contribution is 8.00. The molecular weight excluding hydrogens is 497 g/mol. The summed E-state index contributed by atoms with van der Waals surface area (Å²) in [4.78, 5) is 22.7. The number of non-ortho nitro benzene ring substituents is 1. The first kappa shape index (κ1) is 23.0. The van der Waals surface area contributed by atoms with Gasteiger partial charge in [0.15, 0.2) is 0 Å². The molecule has 7 nitrogen and oxygen atoms in total. The average molecular weight is 516 g/mol. The maximum atomic E-state index is 11.5. The fourth-order valence-corrected chi connectivity index (χ4v) is 7.32. The van der Waals surface area contributed by atoms with E-state index in [4.69, 9.17) is 23.2 Å². The van der Waals surface area contributed by atoms with Crippen molar-refractivity contribution in [3.05, 3.63) is 103 Å². The Hall–Kier alpha value is -2.81. The third-order valence-electron chi connectivity index (χ3n) is 6.58. The Morgan fingerprint density at radius 2 is 1.74 bits per heavy atom. The summed E-state index contributed by atoms with van der Waals surface area (Å²) >= 11 is 15.0. The van der Waals surface area contributed by atoms with Crippen LogP contribution < -0.4 is 5.32 Å². The van der Waals surface area contributed by atoms with Crippen LogP contribution in [-0.4, -0.2) is 20.5 Å². The molecular formula is C24H19Cl2N3O4S. The highest BCUT2D eigenvalue weighted by atomic mass is 35.5. The maximum absolute atomic E-state index is 11.5. The van der Waals surface area contributed by atoms with Gasteiger partial charge in [-0.3, -0.25) is 20.2 Å². The minimum atomic E-state index is -0.406. The first-order chi connectivity index (χ1) is 16.3. The zero-order valence-electron chi connectivity index (χ0n) is 17.6. The van der Waals surface area contributed by atoms with E-state index in [-0.39, 0.29) is 44.8 Å². The van der Waals surface area contributed by atoms with Crippen LogP contribution in [0.5, 0.6) is 0 Å². The number of fused-ring (bicyclic) bond motifs is 3. The molecule has 174 valence electrons. The van der Waals surface area contributed by atoms with Gasteiger partial charge in [0.2, 0.25) is 0 Å². The Kier molecular flexibility index (Phi) is 6.14. The molecule has 0 aromatic heterocycles. The minimum absolute atomic E-state index is 0.0204. The fraction of sp³-hybridized carbons (Fsp3) is 0.250. The SMILES string of the molecule is O=[N+]([O-])c1cccc([C@@H]2Nc3c(Cl)cccc3[C@@H]3[C@H](Cl)[C@@H](Sc4ccccc4[N+](=O)[O-])C[C@@H]32)c1. The van der Waals surface area contributed by atoms with Crippen molar-refractivity contribution in [3.8, 4) is 0 Å². The maximum Gasteiger partial charge on any atom is 0.282 e. The molecule has 2 aliphatic rings. The zero-order valence-corrected chi connectivity index (χ0v) is 20.0. The second-order valence-electron chi connectivity index (χ2n) is 8.43. The number of thioether (sulfide) groups is 1. The molecule has 1 N–H and O–H groups in total. The van der Waals surface area contributed by atoms with E-state index in [0.29, 0.717) is 16.3 Å². The molecule has 5 atom stereocenters. The number of benzene rings is 3. The van der Waals surface area contributed by atoms with Crippen LogP contribution in [0.4, 0.5) is 17.1 Å². The lowest BCUT2D eigenvalue weighted by molar-refractivity contribution is -0.387. The summed E-state index contributed by atoms with van der Waals surface area (Å²) in [5.41, 5.74) is 2.65. The topological polar surface area (TPSA) is 98.3 Å². The van der Waals surface area contributed by atoms with Crippen molar-refractivity contribution < 1.29 is 9.85 Å². The van der Waals surface area contributed by atoms with Gasteiger partial charge in [-0.1, -0.05) is 48.0 Å². The van der Waals surface area contributed by atoms with Crippen molar-refractivity contribution in [2.75, 3.05) is 5.32 Å². The van der Waals surface area contributed by atoms with Crippen LogP contribution >= 0.6 is 35.0 Å². The van der Waals surface area contributed by atoms with Gasteiger partial charge in [0, 0.05) is 29.4 Å². The number of halogens is 2. The molecule has 1 aliphatic carbocycles. The molecule has 0 bridgehead atoms. The van der Waals surface area contributed by atoms with E-state index in [1.54, 1.807) is 36.4 Å². The Labute approximate surface area is 209 Å². The molecule has 1 aliphatic heterocycles. The van der Waals surface area contributed by atoms with Gasteiger partial charge in [-0.2, -0.15) is 0 Å². The van der Waals surface area contributed by atoms with E-state index in [9.17, 15) is 20.2 Å². The molecule has 5 rings (SSSR count). The summed E-state index contributed by atoms with van der Waals surface area (Å²) in [5, 5.41) is 26.6. The quantitative estimate of drug-likeness (QED) is 0.219. The number of nitro benzene ring substituents is 2. The lowest BCUT2D eigenvalue weighted by Gasteiger charge is -2.38. The summed E-state index contributed by atoms with van der Waals surface area (Å²) in [5.74, 6) is -0.0445. The molecule has 0 radical (unpaired) electrons. The molecule has 1 heterocycles. The highest BCUT2D eigenvalue weighted by Gasteiger charge is 2.50. The molecule has 0 amide bonds. The Morgan fingerprint density at radius 1 is 0.971 bits per heavy atom. The third kappa shape index (κ3) is 4.00. The number of hydrogen-bond donors (Lipinski definition) is 1.